The molecule has 1 rings (SSSR count). The highest BCUT2D eigenvalue weighted by Gasteiger charge is 2.14. The number of nitrogens with zero attached hydrogens (tertiary/aromatic N) is 2. The summed E-state index contributed by atoms with van der Waals surface area (Å²) in [6.45, 7) is 2.09. The van der Waals surface area contributed by atoms with E-state index >= 15 is 0 Å². The van der Waals surface area contributed by atoms with Crippen molar-refractivity contribution in [2.45, 2.75) is 12.7 Å². The van der Waals surface area contributed by atoms with E-state index in [0.29, 0.717) is 17.7 Å². The molecule has 0 aliphatic rings. The zero-order valence-electron chi connectivity index (χ0n) is 11.5. The third kappa shape index (κ3) is 4.99. The summed E-state index contributed by atoms with van der Waals surface area (Å²) in [5.74, 6) is -0.502. The molecule has 20 heavy (non-hydrogen) atoms. The molecule has 6 nitrogen and oxygen atoms in total. The molecule has 1 aromatic rings. The molecule has 0 atom stereocenters. The fraction of sp³-hybridized carbons (Fsp3) is 0.385. The van der Waals surface area contributed by atoms with Crippen molar-refractivity contribution < 1.29 is 13.2 Å². The van der Waals surface area contributed by atoms with Crippen LogP contribution in [0.15, 0.2) is 24.3 Å². The normalized spacial score (nSPS) is 10.8. The van der Waals surface area contributed by atoms with E-state index in [4.69, 9.17) is 5.26 Å². The Hall–Kier alpha value is -1.91. The molecule has 0 radical (unpaired) electrons. The van der Waals surface area contributed by atoms with Gasteiger partial charge in [-0.1, -0.05) is 12.1 Å². The number of sulfonamides is 1. The highest BCUT2D eigenvalue weighted by atomic mass is 32.2. The molecule has 0 aliphatic heterocycles. The SMILES string of the molecule is CCN(C)C(=O)CNS(=O)(=O)Cc1ccc(C#N)cc1. The number of nitrogens with one attached hydrogen (secondary N) is 1. The van der Waals surface area contributed by atoms with Gasteiger partial charge in [-0.25, -0.2) is 13.1 Å². The van der Waals surface area contributed by atoms with Crippen LogP contribution in [-0.4, -0.2) is 39.4 Å². The number of carbonyl (C=O) groups excluding carboxylic acids is 1. The number of likely N-dealkylation sites (N-methyl/N-ethyl adjacent to an activating group) is 1. The van der Waals surface area contributed by atoms with E-state index in [9.17, 15) is 13.2 Å². The van der Waals surface area contributed by atoms with Crippen molar-refractivity contribution in [1.82, 2.24) is 9.62 Å². The summed E-state index contributed by atoms with van der Waals surface area (Å²) in [4.78, 5) is 13.0. The van der Waals surface area contributed by atoms with E-state index in [2.05, 4.69) is 4.72 Å². The first-order valence-electron chi connectivity index (χ1n) is 6.08. The van der Waals surface area contributed by atoms with Gasteiger partial charge in [0.1, 0.15) is 0 Å². The summed E-state index contributed by atoms with van der Waals surface area (Å²) in [6.07, 6.45) is 0. The maximum atomic E-state index is 11.8. The van der Waals surface area contributed by atoms with Gasteiger partial charge >= 0.3 is 0 Å². The third-order valence-corrected chi connectivity index (χ3v) is 4.08. The Morgan fingerprint density at radius 3 is 2.45 bits per heavy atom. The van der Waals surface area contributed by atoms with Crippen LogP contribution in [-0.2, 0) is 20.6 Å². The maximum Gasteiger partial charge on any atom is 0.237 e. The zero-order chi connectivity index (χ0) is 15.2. The van der Waals surface area contributed by atoms with Crippen molar-refractivity contribution in [3.8, 4) is 6.07 Å². The van der Waals surface area contributed by atoms with E-state index in [1.165, 1.54) is 4.90 Å². The number of hydrogen-bond donors (Lipinski definition) is 1. The second-order valence-corrected chi connectivity index (χ2v) is 6.10. The highest BCUT2D eigenvalue weighted by Crippen LogP contribution is 2.07. The van der Waals surface area contributed by atoms with Crippen LogP contribution in [0.5, 0.6) is 0 Å². The van der Waals surface area contributed by atoms with Crippen molar-refractivity contribution in [2.75, 3.05) is 20.1 Å². The van der Waals surface area contributed by atoms with Gasteiger partial charge in [-0.15, -0.1) is 0 Å². The van der Waals surface area contributed by atoms with Crippen LogP contribution in [0.3, 0.4) is 0 Å². The molecule has 0 unspecified atom stereocenters. The van der Waals surface area contributed by atoms with Crippen molar-refractivity contribution in [2.24, 2.45) is 0 Å². The molecule has 1 amide bonds. The lowest BCUT2D eigenvalue weighted by Crippen LogP contribution is -2.38. The molecular weight excluding hydrogens is 278 g/mol. The van der Waals surface area contributed by atoms with Crippen molar-refractivity contribution in [1.29, 1.82) is 5.26 Å². The first-order valence-corrected chi connectivity index (χ1v) is 7.73. The Kier molecular flexibility index (Phi) is 5.67. The summed E-state index contributed by atoms with van der Waals surface area (Å²) in [6, 6.07) is 8.24. The predicted octanol–water partition coefficient (Wildman–Crippen LogP) is 0.456. The fourth-order valence-electron chi connectivity index (χ4n) is 1.43. The minimum Gasteiger partial charge on any atom is -0.345 e. The fourth-order valence-corrected chi connectivity index (χ4v) is 2.51. The molecule has 0 heterocycles. The Labute approximate surface area is 119 Å². The van der Waals surface area contributed by atoms with Crippen LogP contribution in [0.25, 0.3) is 0 Å². The Bertz CT molecular complexity index is 603. The summed E-state index contributed by atoms with van der Waals surface area (Å²) < 4.78 is 25.9. The van der Waals surface area contributed by atoms with Gasteiger partial charge < -0.3 is 4.90 Å². The van der Waals surface area contributed by atoms with Gasteiger partial charge in [0, 0.05) is 13.6 Å². The van der Waals surface area contributed by atoms with Gasteiger partial charge in [-0.2, -0.15) is 5.26 Å². The smallest absolute Gasteiger partial charge is 0.237 e. The Morgan fingerprint density at radius 2 is 1.95 bits per heavy atom. The van der Waals surface area contributed by atoms with Crippen LogP contribution < -0.4 is 4.72 Å². The van der Waals surface area contributed by atoms with E-state index < -0.39 is 10.0 Å². The quantitative estimate of drug-likeness (QED) is 0.825. The first-order chi connectivity index (χ1) is 9.38. The average Bonchev–Trinajstić information content (AvgIpc) is 2.44. The average molecular weight is 295 g/mol. The maximum absolute atomic E-state index is 11.8. The minimum atomic E-state index is -3.57. The summed E-state index contributed by atoms with van der Waals surface area (Å²) in [7, 11) is -1.96. The van der Waals surface area contributed by atoms with Crippen molar-refractivity contribution in [3.05, 3.63) is 35.4 Å². The molecule has 0 fully saturated rings. The monoisotopic (exact) mass is 295 g/mol. The van der Waals surface area contributed by atoms with Crippen LogP contribution >= 0.6 is 0 Å². The van der Waals surface area contributed by atoms with E-state index in [0.717, 1.165) is 0 Å². The molecule has 1 N–H and O–H groups in total. The second kappa shape index (κ2) is 7.03. The number of hydrogen-bond acceptors (Lipinski definition) is 4. The Balaban J connectivity index is 2.61. The van der Waals surface area contributed by atoms with Gasteiger partial charge in [0.05, 0.1) is 23.9 Å². The van der Waals surface area contributed by atoms with Crippen LogP contribution in [0.1, 0.15) is 18.1 Å². The molecule has 0 saturated carbocycles. The van der Waals surface area contributed by atoms with E-state index in [1.54, 1.807) is 31.3 Å². The standard InChI is InChI=1S/C13H17N3O3S/c1-3-16(2)13(17)9-15-20(18,19)10-12-6-4-11(8-14)5-7-12/h4-7,15H,3,9-10H2,1-2H3. The number of rotatable bonds is 6. The first kappa shape index (κ1) is 16.1. The van der Waals surface area contributed by atoms with Gasteiger partial charge in [-0.3, -0.25) is 4.79 Å². The van der Waals surface area contributed by atoms with Crippen molar-refractivity contribution >= 4 is 15.9 Å². The zero-order valence-corrected chi connectivity index (χ0v) is 12.3. The lowest BCUT2D eigenvalue weighted by Gasteiger charge is -2.14. The minimum absolute atomic E-state index is 0.220. The number of nitriles is 1. The largest absolute Gasteiger partial charge is 0.345 e. The molecule has 0 bridgehead atoms. The van der Waals surface area contributed by atoms with Crippen LogP contribution in [0.4, 0.5) is 0 Å². The summed E-state index contributed by atoms with van der Waals surface area (Å²) in [5, 5.41) is 8.66. The number of benzene rings is 1. The number of carbonyl (C=O) groups is 1. The number of amides is 1. The molecule has 108 valence electrons. The van der Waals surface area contributed by atoms with E-state index in [1.807, 2.05) is 13.0 Å². The topological polar surface area (TPSA) is 90.3 Å². The Morgan fingerprint density at radius 1 is 1.35 bits per heavy atom. The molecule has 0 spiro atoms. The lowest BCUT2D eigenvalue weighted by atomic mass is 10.2. The van der Waals surface area contributed by atoms with Crippen LogP contribution in [0.2, 0.25) is 0 Å². The molecule has 1 aromatic carbocycles. The molecule has 7 heteroatoms. The van der Waals surface area contributed by atoms with Crippen LogP contribution in [0, 0.1) is 11.3 Å². The summed E-state index contributed by atoms with van der Waals surface area (Å²) >= 11 is 0. The molecule has 0 aromatic heterocycles. The van der Waals surface area contributed by atoms with Gasteiger partial charge in [-0.05, 0) is 24.6 Å². The molecule has 0 saturated heterocycles. The van der Waals surface area contributed by atoms with E-state index in [-0.39, 0.29) is 18.2 Å². The van der Waals surface area contributed by atoms with Gasteiger partial charge in [0.25, 0.3) is 0 Å². The lowest BCUT2D eigenvalue weighted by molar-refractivity contribution is -0.128. The highest BCUT2D eigenvalue weighted by molar-refractivity contribution is 7.88. The second-order valence-electron chi connectivity index (χ2n) is 4.30. The molecular formula is C13H17N3O3S. The predicted molar refractivity (Wildman–Crippen MR) is 75.1 cm³/mol. The van der Waals surface area contributed by atoms with Crippen molar-refractivity contribution in [3.63, 3.8) is 0 Å². The molecule has 0 aliphatic carbocycles. The third-order valence-electron chi connectivity index (χ3n) is 2.78. The summed E-state index contributed by atoms with van der Waals surface area (Å²) in [5.41, 5.74) is 1.03. The van der Waals surface area contributed by atoms with Gasteiger partial charge in [0.15, 0.2) is 0 Å². The van der Waals surface area contributed by atoms with Gasteiger partial charge in [0.2, 0.25) is 15.9 Å².